The molecule has 2 aromatic rings. The number of carbonyl (C=O) groups is 2. The van der Waals surface area contributed by atoms with Crippen molar-refractivity contribution < 1.29 is 9.59 Å². The Morgan fingerprint density at radius 2 is 1.58 bits per heavy atom. The summed E-state index contributed by atoms with van der Waals surface area (Å²) in [7, 11) is 0. The minimum atomic E-state index is -0.830. The summed E-state index contributed by atoms with van der Waals surface area (Å²) in [5, 5.41) is 2.81. The number of benzene rings is 2. The normalized spacial score (nSPS) is 16.9. The smallest absolute Gasteiger partial charge is 0.233 e. The lowest BCUT2D eigenvalue weighted by Crippen LogP contribution is -2.49. The van der Waals surface area contributed by atoms with Gasteiger partial charge < -0.3 is 21.7 Å². The number of hydrogen-bond acceptors (Lipinski definition) is 4. The molecular formula is C25H34N4O2. The first kappa shape index (κ1) is 23.0. The Labute approximate surface area is 185 Å². The lowest BCUT2D eigenvalue weighted by molar-refractivity contribution is -0.124. The van der Waals surface area contributed by atoms with Crippen LogP contribution in [0.2, 0.25) is 0 Å². The van der Waals surface area contributed by atoms with E-state index in [1.807, 2.05) is 60.7 Å². The SMILES string of the molecule is NCC(=O)NCCCCCN1CC[C@@H](C(C(N)=O)(c2ccccc2)c2ccccc2)C1. The van der Waals surface area contributed by atoms with Gasteiger partial charge in [0.05, 0.1) is 6.54 Å². The number of unbranched alkanes of at least 4 members (excludes halogenated alkanes) is 2. The Hall–Kier alpha value is -2.70. The molecule has 0 spiro atoms. The summed E-state index contributed by atoms with van der Waals surface area (Å²) in [4.78, 5) is 26.7. The van der Waals surface area contributed by atoms with Crippen LogP contribution in [0.25, 0.3) is 0 Å². The van der Waals surface area contributed by atoms with Crippen LogP contribution < -0.4 is 16.8 Å². The highest BCUT2D eigenvalue weighted by Gasteiger charge is 2.49. The number of primary amides is 1. The summed E-state index contributed by atoms with van der Waals surface area (Å²) in [5.74, 6) is -0.266. The summed E-state index contributed by atoms with van der Waals surface area (Å²) in [6, 6.07) is 19.9. The van der Waals surface area contributed by atoms with Gasteiger partial charge in [-0.25, -0.2) is 0 Å². The molecule has 1 aliphatic heterocycles. The van der Waals surface area contributed by atoms with E-state index in [0.717, 1.165) is 56.4 Å². The molecule has 0 bridgehead atoms. The molecule has 0 unspecified atom stereocenters. The van der Waals surface area contributed by atoms with Crippen LogP contribution >= 0.6 is 0 Å². The molecule has 5 N–H and O–H groups in total. The van der Waals surface area contributed by atoms with Crippen molar-refractivity contribution in [3.8, 4) is 0 Å². The number of carbonyl (C=O) groups excluding carboxylic acids is 2. The zero-order valence-corrected chi connectivity index (χ0v) is 18.1. The van der Waals surface area contributed by atoms with Crippen molar-refractivity contribution in [3.05, 3.63) is 71.8 Å². The van der Waals surface area contributed by atoms with Crippen molar-refractivity contribution in [2.24, 2.45) is 17.4 Å². The van der Waals surface area contributed by atoms with Crippen LogP contribution in [0, 0.1) is 5.92 Å². The Morgan fingerprint density at radius 1 is 0.968 bits per heavy atom. The summed E-state index contributed by atoms with van der Waals surface area (Å²) in [6.07, 6.45) is 3.98. The molecule has 1 aliphatic rings. The molecule has 0 radical (unpaired) electrons. The lowest BCUT2D eigenvalue weighted by atomic mass is 9.64. The highest BCUT2D eigenvalue weighted by atomic mass is 16.2. The maximum absolute atomic E-state index is 13.1. The van der Waals surface area contributed by atoms with Gasteiger partial charge >= 0.3 is 0 Å². The van der Waals surface area contributed by atoms with Gasteiger partial charge in [0.25, 0.3) is 0 Å². The zero-order chi connectivity index (χ0) is 22.1. The minimum absolute atomic E-state index is 0.0413. The minimum Gasteiger partial charge on any atom is -0.369 e. The molecule has 166 valence electrons. The molecule has 2 amide bonds. The van der Waals surface area contributed by atoms with E-state index in [2.05, 4.69) is 10.2 Å². The van der Waals surface area contributed by atoms with Crippen LogP contribution in [-0.4, -0.2) is 49.4 Å². The van der Waals surface area contributed by atoms with E-state index >= 15 is 0 Å². The Balaban J connectivity index is 1.68. The fraction of sp³-hybridized carbons (Fsp3) is 0.440. The number of nitrogens with two attached hydrogens (primary N) is 2. The fourth-order valence-electron chi connectivity index (χ4n) is 4.85. The van der Waals surface area contributed by atoms with Gasteiger partial charge in [0.2, 0.25) is 11.8 Å². The van der Waals surface area contributed by atoms with Crippen molar-refractivity contribution in [2.45, 2.75) is 31.1 Å². The number of amides is 2. The maximum atomic E-state index is 13.1. The first-order valence-electron chi connectivity index (χ1n) is 11.2. The average molecular weight is 423 g/mol. The van der Waals surface area contributed by atoms with Crippen LogP contribution in [0.3, 0.4) is 0 Å². The average Bonchev–Trinajstić information content (AvgIpc) is 3.26. The van der Waals surface area contributed by atoms with Gasteiger partial charge in [-0.05, 0) is 49.4 Å². The number of hydrogen-bond donors (Lipinski definition) is 3. The van der Waals surface area contributed by atoms with E-state index in [4.69, 9.17) is 11.5 Å². The van der Waals surface area contributed by atoms with Gasteiger partial charge in [-0.15, -0.1) is 0 Å². The molecule has 3 rings (SSSR count). The summed E-state index contributed by atoms with van der Waals surface area (Å²) < 4.78 is 0. The first-order chi connectivity index (χ1) is 15.1. The van der Waals surface area contributed by atoms with Crippen LogP contribution in [-0.2, 0) is 15.0 Å². The Morgan fingerprint density at radius 3 is 2.13 bits per heavy atom. The van der Waals surface area contributed by atoms with Crippen LogP contribution in [0.4, 0.5) is 0 Å². The molecular weight excluding hydrogens is 388 g/mol. The van der Waals surface area contributed by atoms with Crippen molar-refractivity contribution >= 4 is 11.8 Å². The van der Waals surface area contributed by atoms with Crippen molar-refractivity contribution in [1.29, 1.82) is 0 Å². The van der Waals surface area contributed by atoms with E-state index < -0.39 is 5.41 Å². The molecule has 2 aromatic carbocycles. The largest absolute Gasteiger partial charge is 0.369 e. The lowest BCUT2D eigenvalue weighted by Gasteiger charge is -2.37. The van der Waals surface area contributed by atoms with Gasteiger partial charge in [-0.1, -0.05) is 67.1 Å². The van der Waals surface area contributed by atoms with Gasteiger partial charge in [-0.2, -0.15) is 0 Å². The van der Waals surface area contributed by atoms with Crippen molar-refractivity contribution in [1.82, 2.24) is 10.2 Å². The monoisotopic (exact) mass is 422 g/mol. The van der Waals surface area contributed by atoms with E-state index in [1.54, 1.807) is 0 Å². The number of nitrogens with zero attached hydrogens (tertiary/aromatic N) is 1. The highest BCUT2D eigenvalue weighted by molar-refractivity contribution is 5.91. The molecule has 1 saturated heterocycles. The number of rotatable bonds is 11. The maximum Gasteiger partial charge on any atom is 0.233 e. The standard InChI is InChI=1S/C25H34N4O2/c26-18-23(30)28-15-8-3-9-16-29-17-14-22(19-29)25(24(27)31,20-10-4-1-5-11-20)21-12-6-2-7-13-21/h1-2,4-7,10-13,22H,3,8-9,14-19,26H2,(H2,27,31)(H,28,30)/t22-/m1/s1. The molecule has 0 aromatic heterocycles. The van der Waals surface area contributed by atoms with E-state index in [1.165, 1.54) is 0 Å². The molecule has 6 nitrogen and oxygen atoms in total. The zero-order valence-electron chi connectivity index (χ0n) is 18.1. The van der Waals surface area contributed by atoms with E-state index in [-0.39, 0.29) is 24.3 Å². The van der Waals surface area contributed by atoms with E-state index in [0.29, 0.717) is 6.54 Å². The summed E-state index contributed by atoms with van der Waals surface area (Å²) >= 11 is 0. The number of likely N-dealkylation sites (tertiary alicyclic amines) is 1. The van der Waals surface area contributed by atoms with Gasteiger partial charge in [0.1, 0.15) is 5.41 Å². The molecule has 0 saturated carbocycles. The number of nitrogens with one attached hydrogen (secondary N) is 1. The van der Waals surface area contributed by atoms with Gasteiger partial charge in [0.15, 0.2) is 0 Å². The third-order valence-corrected chi connectivity index (χ3v) is 6.39. The fourth-order valence-corrected chi connectivity index (χ4v) is 4.85. The topological polar surface area (TPSA) is 101 Å². The molecule has 1 fully saturated rings. The van der Waals surface area contributed by atoms with Crippen LogP contribution in [0.1, 0.15) is 36.8 Å². The van der Waals surface area contributed by atoms with Crippen molar-refractivity contribution in [3.63, 3.8) is 0 Å². The second kappa shape index (κ2) is 11.1. The summed E-state index contributed by atoms with van der Waals surface area (Å²) in [5.41, 5.74) is 12.6. The third kappa shape index (κ3) is 5.32. The molecule has 6 heteroatoms. The summed E-state index contributed by atoms with van der Waals surface area (Å²) in [6.45, 7) is 3.50. The Bertz CT molecular complexity index is 802. The van der Waals surface area contributed by atoms with Crippen LogP contribution in [0.5, 0.6) is 0 Å². The molecule has 1 atom stereocenters. The predicted molar refractivity (Wildman–Crippen MR) is 123 cm³/mol. The third-order valence-electron chi connectivity index (χ3n) is 6.39. The second-order valence-electron chi connectivity index (χ2n) is 8.31. The predicted octanol–water partition coefficient (Wildman–Crippen LogP) is 2.03. The van der Waals surface area contributed by atoms with Crippen LogP contribution in [0.15, 0.2) is 60.7 Å². The van der Waals surface area contributed by atoms with E-state index in [9.17, 15) is 9.59 Å². The molecule has 0 aliphatic carbocycles. The first-order valence-corrected chi connectivity index (χ1v) is 11.2. The van der Waals surface area contributed by atoms with Crippen molar-refractivity contribution in [2.75, 3.05) is 32.7 Å². The molecule has 31 heavy (non-hydrogen) atoms. The van der Waals surface area contributed by atoms with Gasteiger partial charge in [0, 0.05) is 13.1 Å². The quantitative estimate of drug-likeness (QED) is 0.482. The highest BCUT2D eigenvalue weighted by Crippen LogP contribution is 2.43. The van der Waals surface area contributed by atoms with Gasteiger partial charge in [-0.3, -0.25) is 9.59 Å². The molecule has 1 heterocycles. The second-order valence-corrected chi connectivity index (χ2v) is 8.31. The Kier molecular flexibility index (Phi) is 8.20.